The smallest absolute Gasteiger partial charge is 0.271 e. The largest absolute Gasteiger partial charge is 0.383 e. The normalized spacial score (nSPS) is 15.9. The summed E-state index contributed by atoms with van der Waals surface area (Å²) in [6.07, 6.45) is 3.38. The van der Waals surface area contributed by atoms with Crippen molar-refractivity contribution in [3.63, 3.8) is 0 Å². The van der Waals surface area contributed by atoms with Crippen LogP contribution in [0.25, 0.3) is 0 Å². The van der Waals surface area contributed by atoms with Gasteiger partial charge in [-0.25, -0.2) is 4.98 Å². The van der Waals surface area contributed by atoms with E-state index < -0.39 is 0 Å². The first-order chi connectivity index (χ1) is 16.3. The highest BCUT2D eigenvalue weighted by atomic mass is 35.5. The summed E-state index contributed by atoms with van der Waals surface area (Å²) < 4.78 is 2.64. The average Bonchev–Trinajstić information content (AvgIpc) is 3.52. The van der Waals surface area contributed by atoms with Crippen molar-refractivity contribution >= 4 is 67.9 Å². The van der Waals surface area contributed by atoms with Crippen LogP contribution < -0.4 is 27.2 Å². The number of aromatic amines is 1. The minimum absolute atomic E-state index is 0.0428. The Bertz CT molecular complexity index is 1290. The summed E-state index contributed by atoms with van der Waals surface area (Å²) in [4.78, 5) is 45.2. The second-order valence-corrected chi connectivity index (χ2v) is 9.89. The molecule has 0 radical (unpaired) electrons. The summed E-state index contributed by atoms with van der Waals surface area (Å²) in [5, 5.41) is 10.0. The molecule has 1 unspecified atom stereocenters. The zero-order valence-corrected chi connectivity index (χ0v) is 20.5. The molecule has 34 heavy (non-hydrogen) atoms. The third-order valence-electron chi connectivity index (χ3n) is 5.21. The van der Waals surface area contributed by atoms with E-state index in [0.717, 1.165) is 34.9 Å². The molecule has 13 heteroatoms. The maximum Gasteiger partial charge on any atom is 0.271 e. The number of anilines is 3. The molecule has 0 saturated carbocycles. The van der Waals surface area contributed by atoms with E-state index >= 15 is 0 Å². The lowest BCUT2D eigenvalue weighted by Crippen LogP contribution is -2.27. The highest BCUT2D eigenvalue weighted by Gasteiger charge is 2.21. The Morgan fingerprint density at radius 1 is 1.38 bits per heavy atom. The van der Waals surface area contributed by atoms with Crippen LogP contribution >= 0.6 is 34.5 Å². The third-order valence-corrected chi connectivity index (χ3v) is 7.24. The van der Waals surface area contributed by atoms with Crippen molar-refractivity contribution in [3.05, 3.63) is 55.8 Å². The van der Waals surface area contributed by atoms with Gasteiger partial charge in [-0.05, 0) is 42.9 Å². The summed E-state index contributed by atoms with van der Waals surface area (Å²) >= 11 is 8.38. The van der Waals surface area contributed by atoms with Gasteiger partial charge in [-0.15, -0.1) is 0 Å². The number of nitrogens with zero attached hydrogens (tertiary/aromatic N) is 2. The zero-order valence-electron chi connectivity index (χ0n) is 18.1. The standard InChI is InChI=1S/C21H22ClN7O3S2/c1-10-3-2-4-12(22)16(10)27-18(31)13-9-25-21(33-13)28-20-15(19(32)29-34-20)17(23)24-8-7-11-5-6-14(30)26-11/h2-4,9,11H,5-8H2,1H3,(H2,23,24)(H,25,28)(H,26,30)(H,27,31)(H,29,32). The van der Waals surface area contributed by atoms with Crippen LogP contribution in [0, 0.1) is 6.92 Å². The number of hydrogen-bond acceptors (Lipinski definition) is 8. The van der Waals surface area contributed by atoms with Crippen molar-refractivity contribution in [2.45, 2.75) is 32.2 Å². The van der Waals surface area contributed by atoms with Gasteiger partial charge in [0, 0.05) is 19.0 Å². The van der Waals surface area contributed by atoms with E-state index in [0.29, 0.717) is 45.1 Å². The quantitative estimate of drug-likeness (QED) is 0.227. The number of H-pyrrole nitrogens is 1. The fraction of sp³-hybridized carbons (Fsp3) is 0.286. The molecular formula is C21H22ClN7O3S2. The van der Waals surface area contributed by atoms with E-state index in [9.17, 15) is 14.4 Å². The second kappa shape index (κ2) is 10.4. The van der Waals surface area contributed by atoms with Crippen LogP contribution in [0.2, 0.25) is 5.02 Å². The first-order valence-electron chi connectivity index (χ1n) is 10.4. The highest BCUT2D eigenvalue weighted by molar-refractivity contribution is 7.18. The molecule has 0 spiro atoms. The van der Waals surface area contributed by atoms with Crippen LogP contribution in [0.15, 0.2) is 34.2 Å². The lowest BCUT2D eigenvalue weighted by molar-refractivity contribution is -0.119. The number of nitrogens with one attached hydrogen (secondary N) is 4. The van der Waals surface area contributed by atoms with Gasteiger partial charge in [0.15, 0.2) is 5.13 Å². The van der Waals surface area contributed by atoms with Crippen LogP contribution in [0.5, 0.6) is 0 Å². The highest BCUT2D eigenvalue weighted by Crippen LogP contribution is 2.29. The van der Waals surface area contributed by atoms with Crippen LogP contribution in [-0.2, 0) is 4.79 Å². The number of aliphatic imine (C=N–C) groups is 1. The Hall–Kier alpha value is -3.22. The fourth-order valence-corrected chi connectivity index (χ4v) is 5.23. The molecule has 3 heterocycles. The van der Waals surface area contributed by atoms with Crippen molar-refractivity contribution < 1.29 is 9.59 Å². The Kier molecular flexibility index (Phi) is 7.29. The number of hydrogen-bond donors (Lipinski definition) is 5. The Morgan fingerprint density at radius 2 is 2.21 bits per heavy atom. The van der Waals surface area contributed by atoms with Crippen molar-refractivity contribution in [2.24, 2.45) is 10.7 Å². The molecule has 1 atom stereocenters. The number of para-hydroxylation sites is 1. The predicted octanol–water partition coefficient (Wildman–Crippen LogP) is 3.22. The van der Waals surface area contributed by atoms with E-state index in [1.165, 1.54) is 6.20 Å². The molecule has 6 N–H and O–H groups in total. The molecule has 1 aromatic carbocycles. The summed E-state index contributed by atoms with van der Waals surface area (Å²) in [6, 6.07) is 5.45. The molecule has 4 rings (SSSR count). The lowest BCUT2D eigenvalue weighted by atomic mass is 10.1. The number of benzene rings is 1. The SMILES string of the molecule is Cc1cccc(Cl)c1NC(=O)c1cnc(Nc2s[nH]c(=O)c2C(N)=NCCC2CCC(=O)N2)s1. The number of amidine groups is 1. The predicted molar refractivity (Wildman–Crippen MR) is 136 cm³/mol. The summed E-state index contributed by atoms with van der Waals surface area (Å²) in [5.41, 5.74) is 7.33. The molecular weight excluding hydrogens is 498 g/mol. The first-order valence-corrected chi connectivity index (χ1v) is 12.4. The number of carbonyl (C=O) groups excluding carboxylic acids is 2. The van der Waals surface area contributed by atoms with E-state index in [1.807, 2.05) is 19.1 Å². The first kappa shape index (κ1) is 23.9. The molecule has 10 nitrogen and oxygen atoms in total. The monoisotopic (exact) mass is 519 g/mol. The number of halogens is 1. The molecule has 0 aliphatic carbocycles. The molecule has 1 saturated heterocycles. The zero-order chi connectivity index (χ0) is 24.2. The fourth-order valence-electron chi connectivity index (χ4n) is 3.44. The average molecular weight is 520 g/mol. The van der Waals surface area contributed by atoms with Gasteiger partial charge in [0.1, 0.15) is 21.3 Å². The number of amides is 2. The Balaban J connectivity index is 1.43. The second-order valence-electron chi connectivity index (χ2n) is 7.64. The number of aromatic nitrogens is 2. The summed E-state index contributed by atoms with van der Waals surface area (Å²) in [7, 11) is 0. The topological polar surface area (TPSA) is 154 Å². The third kappa shape index (κ3) is 5.46. The molecule has 1 aliphatic rings. The van der Waals surface area contributed by atoms with Crippen molar-refractivity contribution in [1.82, 2.24) is 14.7 Å². The number of rotatable bonds is 8. The molecule has 178 valence electrons. The van der Waals surface area contributed by atoms with E-state index in [-0.39, 0.29) is 34.8 Å². The van der Waals surface area contributed by atoms with Gasteiger partial charge < -0.3 is 21.7 Å². The maximum absolute atomic E-state index is 12.7. The lowest BCUT2D eigenvalue weighted by Gasteiger charge is -2.08. The Labute approximate surface area is 207 Å². The van der Waals surface area contributed by atoms with Gasteiger partial charge in [0.25, 0.3) is 11.5 Å². The van der Waals surface area contributed by atoms with Gasteiger partial charge in [0.2, 0.25) is 5.91 Å². The molecule has 1 aliphatic heterocycles. The summed E-state index contributed by atoms with van der Waals surface area (Å²) in [5.74, 6) is -0.205. The number of carbonyl (C=O) groups is 2. The van der Waals surface area contributed by atoms with Crippen LogP contribution in [0.1, 0.15) is 40.1 Å². The molecule has 1 fully saturated rings. The minimum atomic E-state index is -0.369. The number of nitrogens with two attached hydrogens (primary N) is 1. The number of aryl methyl sites for hydroxylation is 1. The van der Waals surface area contributed by atoms with Crippen LogP contribution in [-0.4, -0.2) is 39.6 Å². The molecule has 2 amide bonds. The molecule has 3 aromatic rings. The molecule has 0 bridgehead atoms. The van der Waals surface area contributed by atoms with Gasteiger partial charge in [-0.3, -0.25) is 23.7 Å². The van der Waals surface area contributed by atoms with Crippen molar-refractivity contribution in [1.29, 1.82) is 0 Å². The van der Waals surface area contributed by atoms with Crippen LogP contribution in [0.3, 0.4) is 0 Å². The number of thiazole rings is 1. The summed E-state index contributed by atoms with van der Waals surface area (Å²) in [6.45, 7) is 2.24. The van der Waals surface area contributed by atoms with Gasteiger partial charge in [0.05, 0.1) is 16.9 Å². The minimum Gasteiger partial charge on any atom is -0.383 e. The van der Waals surface area contributed by atoms with Crippen molar-refractivity contribution in [2.75, 3.05) is 17.2 Å². The van der Waals surface area contributed by atoms with E-state index in [2.05, 4.69) is 30.3 Å². The van der Waals surface area contributed by atoms with E-state index in [4.69, 9.17) is 17.3 Å². The van der Waals surface area contributed by atoms with Gasteiger partial charge in [-0.1, -0.05) is 35.1 Å². The van der Waals surface area contributed by atoms with Crippen LogP contribution in [0.4, 0.5) is 15.8 Å². The molecule has 2 aromatic heterocycles. The Morgan fingerprint density at radius 3 is 2.94 bits per heavy atom. The van der Waals surface area contributed by atoms with Gasteiger partial charge >= 0.3 is 0 Å². The van der Waals surface area contributed by atoms with E-state index in [1.54, 1.807) is 6.07 Å². The van der Waals surface area contributed by atoms with Gasteiger partial charge in [-0.2, -0.15) is 0 Å². The van der Waals surface area contributed by atoms with Crippen molar-refractivity contribution in [3.8, 4) is 0 Å². The maximum atomic E-state index is 12.7.